The highest BCUT2D eigenvalue weighted by atomic mass is 19.3. The SMILES string of the molecule is C=C(F)/C=C\C=C(/C)C(C)(F)F. The second kappa shape index (κ2) is 4.14. The van der Waals surface area contributed by atoms with Crippen molar-refractivity contribution < 1.29 is 13.2 Å². The third kappa shape index (κ3) is 4.77. The molecule has 0 spiro atoms. The molecule has 0 amide bonds. The quantitative estimate of drug-likeness (QED) is 0.576. The minimum absolute atomic E-state index is 0.111. The van der Waals surface area contributed by atoms with Gasteiger partial charge in [0.2, 0.25) is 0 Å². The van der Waals surface area contributed by atoms with Crippen molar-refractivity contribution in [2.45, 2.75) is 19.8 Å². The van der Waals surface area contributed by atoms with Crippen molar-refractivity contribution in [3.05, 3.63) is 36.2 Å². The lowest BCUT2D eigenvalue weighted by atomic mass is 10.1. The lowest BCUT2D eigenvalue weighted by Gasteiger charge is -2.08. The van der Waals surface area contributed by atoms with Crippen molar-refractivity contribution in [3.63, 3.8) is 0 Å². The van der Waals surface area contributed by atoms with Crippen LogP contribution in [-0.4, -0.2) is 5.92 Å². The van der Waals surface area contributed by atoms with Crippen molar-refractivity contribution in [1.82, 2.24) is 0 Å². The van der Waals surface area contributed by atoms with E-state index in [0.717, 1.165) is 19.1 Å². The predicted molar refractivity (Wildman–Crippen MR) is 43.8 cm³/mol. The highest BCUT2D eigenvalue weighted by Gasteiger charge is 2.22. The van der Waals surface area contributed by atoms with Crippen LogP contribution in [0.2, 0.25) is 0 Å². The minimum Gasteiger partial charge on any atom is -0.208 e. The van der Waals surface area contributed by atoms with Crippen molar-refractivity contribution in [3.8, 4) is 0 Å². The van der Waals surface area contributed by atoms with Crippen LogP contribution >= 0.6 is 0 Å². The van der Waals surface area contributed by atoms with Gasteiger partial charge in [-0.15, -0.1) is 0 Å². The molecule has 12 heavy (non-hydrogen) atoms. The van der Waals surface area contributed by atoms with Gasteiger partial charge in [-0.1, -0.05) is 18.7 Å². The van der Waals surface area contributed by atoms with Crippen LogP contribution in [0.25, 0.3) is 0 Å². The Hall–Kier alpha value is -0.990. The Bertz CT molecular complexity index is 218. The van der Waals surface area contributed by atoms with Gasteiger partial charge in [0.25, 0.3) is 5.92 Å². The maximum Gasteiger partial charge on any atom is 0.266 e. The molecule has 0 aromatic carbocycles. The van der Waals surface area contributed by atoms with Crippen LogP contribution in [-0.2, 0) is 0 Å². The summed E-state index contributed by atoms with van der Waals surface area (Å²) in [6.45, 7) is 5.02. The Morgan fingerprint density at radius 2 is 1.92 bits per heavy atom. The number of allylic oxidation sites excluding steroid dienone is 5. The van der Waals surface area contributed by atoms with E-state index in [2.05, 4.69) is 6.58 Å². The molecule has 0 fully saturated rings. The molecule has 68 valence electrons. The number of halogens is 3. The van der Waals surface area contributed by atoms with Gasteiger partial charge in [-0.05, 0) is 18.6 Å². The smallest absolute Gasteiger partial charge is 0.208 e. The molecule has 0 saturated heterocycles. The molecule has 0 aromatic heterocycles. The first kappa shape index (κ1) is 11.0. The Balaban J connectivity index is 4.29. The third-order valence-corrected chi connectivity index (χ3v) is 1.32. The lowest BCUT2D eigenvalue weighted by Crippen LogP contribution is -2.10. The van der Waals surface area contributed by atoms with Crippen LogP contribution in [0.3, 0.4) is 0 Å². The van der Waals surface area contributed by atoms with Crippen molar-refractivity contribution >= 4 is 0 Å². The fourth-order valence-corrected chi connectivity index (χ4v) is 0.443. The van der Waals surface area contributed by atoms with Gasteiger partial charge in [0.1, 0.15) is 5.83 Å². The van der Waals surface area contributed by atoms with Crippen LogP contribution in [0.15, 0.2) is 36.2 Å². The van der Waals surface area contributed by atoms with Crippen molar-refractivity contribution in [2.75, 3.05) is 0 Å². The van der Waals surface area contributed by atoms with Crippen LogP contribution in [0.4, 0.5) is 13.2 Å². The molecule has 0 saturated carbocycles. The zero-order valence-electron chi connectivity index (χ0n) is 7.07. The van der Waals surface area contributed by atoms with E-state index in [1.54, 1.807) is 0 Å². The standard InChI is InChI=1S/C9H11F3/c1-7(9(3,11)12)5-4-6-8(2)10/h4-6H,2H2,1,3H3/b6-4-,7-5+. The average Bonchev–Trinajstić information content (AvgIpc) is 1.84. The van der Waals surface area contributed by atoms with Gasteiger partial charge < -0.3 is 0 Å². The predicted octanol–water partition coefficient (Wildman–Crippen LogP) is 3.63. The molecular weight excluding hydrogens is 165 g/mol. The summed E-state index contributed by atoms with van der Waals surface area (Å²) in [4.78, 5) is 0. The molecule has 0 aliphatic rings. The average molecular weight is 176 g/mol. The second-order valence-electron chi connectivity index (χ2n) is 2.54. The molecule has 3 heteroatoms. The molecule has 0 radical (unpaired) electrons. The first-order valence-electron chi connectivity index (χ1n) is 3.41. The minimum atomic E-state index is -2.85. The van der Waals surface area contributed by atoms with E-state index >= 15 is 0 Å². The van der Waals surface area contributed by atoms with E-state index in [1.165, 1.54) is 13.0 Å². The van der Waals surface area contributed by atoms with Crippen LogP contribution < -0.4 is 0 Å². The third-order valence-electron chi connectivity index (χ3n) is 1.32. The molecular formula is C9H11F3. The molecule has 0 aromatic rings. The highest BCUT2D eigenvalue weighted by Crippen LogP contribution is 2.22. The molecule has 0 aliphatic heterocycles. The normalized spacial score (nSPS) is 13.9. The van der Waals surface area contributed by atoms with Gasteiger partial charge in [-0.2, -0.15) is 0 Å². The van der Waals surface area contributed by atoms with Gasteiger partial charge in [0.05, 0.1) is 0 Å². The fraction of sp³-hybridized carbons (Fsp3) is 0.333. The summed E-state index contributed by atoms with van der Waals surface area (Å²) in [6, 6.07) is 0. The Labute approximate surface area is 70.1 Å². The van der Waals surface area contributed by atoms with Crippen molar-refractivity contribution in [1.29, 1.82) is 0 Å². The van der Waals surface area contributed by atoms with Gasteiger partial charge >= 0.3 is 0 Å². The monoisotopic (exact) mass is 176 g/mol. The van der Waals surface area contributed by atoms with E-state index in [4.69, 9.17) is 0 Å². The largest absolute Gasteiger partial charge is 0.266 e. The van der Waals surface area contributed by atoms with Crippen molar-refractivity contribution in [2.24, 2.45) is 0 Å². The highest BCUT2D eigenvalue weighted by molar-refractivity contribution is 5.20. The van der Waals surface area contributed by atoms with E-state index in [0.29, 0.717) is 0 Å². The summed E-state index contributed by atoms with van der Waals surface area (Å²) in [6.07, 6.45) is 3.38. The Morgan fingerprint density at radius 1 is 1.42 bits per heavy atom. The van der Waals surface area contributed by atoms with E-state index in [-0.39, 0.29) is 5.57 Å². The zero-order valence-corrected chi connectivity index (χ0v) is 7.07. The number of alkyl halides is 2. The van der Waals surface area contributed by atoms with Gasteiger partial charge in [-0.3, -0.25) is 0 Å². The number of hydrogen-bond donors (Lipinski definition) is 0. The lowest BCUT2D eigenvalue weighted by molar-refractivity contribution is 0.0635. The molecule has 0 unspecified atom stereocenters. The Morgan fingerprint density at radius 3 is 2.25 bits per heavy atom. The summed E-state index contributed by atoms with van der Waals surface area (Å²) >= 11 is 0. The molecule has 0 N–H and O–H groups in total. The van der Waals surface area contributed by atoms with Gasteiger partial charge in [0, 0.05) is 6.92 Å². The fourth-order valence-electron chi connectivity index (χ4n) is 0.443. The first-order chi connectivity index (χ1) is 5.34. The van der Waals surface area contributed by atoms with Crippen LogP contribution in [0.1, 0.15) is 13.8 Å². The van der Waals surface area contributed by atoms with E-state index < -0.39 is 11.7 Å². The van der Waals surface area contributed by atoms with E-state index in [1.807, 2.05) is 0 Å². The molecule has 0 rings (SSSR count). The summed E-state index contributed by atoms with van der Waals surface area (Å²) in [5, 5.41) is 0. The molecule has 0 atom stereocenters. The van der Waals surface area contributed by atoms with E-state index in [9.17, 15) is 13.2 Å². The Kier molecular flexibility index (Phi) is 3.80. The summed E-state index contributed by atoms with van der Waals surface area (Å²) < 4.78 is 36.8. The molecule has 0 bridgehead atoms. The molecule has 0 aliphatic carbocycles. The summed E-state index contributed by atoms with van der Waals surface area (Å²) in [7, 11) is 0. The van der Waals surface area contributed by atoms with Crippen LogP contribution in [0, 0.1) is 0 Å². The van der Waals surface area contributed by atoms with Crippen LogP contribution in [0.5, 0.6) is 0 Å². The molecule has 0 heterocycles. The number of rotatable bonds is 3. The maximum absolute atomic E-state index is 12.4. The summed E-state index contributed by atoms with van der Waals surface area (Å²) in [5.41, 5.74) is -0.111. The molecule has 0 nitrogen and oxygen atoms in total. The second-order valence-corrected chi connectivity index (χ2v) is 2.54. The first-order valence-corrected chi connectivity index (χ1v) is 3.41. The van der Waals surface area contributed by atoms with Gasteiger partial charge in [0.15, 0.2) is 0 Å². The zero-order chi connectivity index (χ0) is 9.78. The maximum atomic E-state index is 12.4. The topological polar surface area (TPSA) is 0 Å². The summed E-state index contributed by atoms with van der Waals surface area (Å²) in [5.74, 6) is -3.50. The van der Waals surface area contributed by atoms with Gasteiger partial charge in [-0.25, -0.2) is 13.2 Å². The number of hydrogen-bond acceptors (Lipinski definition) is 0.